The smallest absolute Gasteiger partial charge is 0.354 e. The highest BCUT2D eigenvalue weighted by Crippen LogP contribution is 2.18. The molecule has 12 heteroatoms. The highest BCUT2D eigenvalue weighted by atomic mass is 19.4. The lowest BCUT2D eigenvalue weighted by Gasteiger charge is -2.17. The van der Waals surface area contributed by atoms with Crippen molar-refractivity contribution in [3.63, 3.8) is 0 Å². The van der Waals surface area contributed by atoms with E-state index in [0.29, 0.717) is 19.5 Å². The second-order valence-corrected chi connectivity index (χ2v) is 6.47. The van der Waals surface area contributed by atoms with E-state index in [1.54, 1.807) is 18.5 Å². The molecule has 0 radical (unpaired) electrons. The summed E-state index contributed by atoms with van der Waals surface area (Å²) in [6, 6.07) is 3.03. The average molecular weight is 410 g/mol. The Morgan fingerprint density at radius 1 is 1.10 bits per heavy atom. The Bertz CT molecular complexity index is 818. The number of amides is 1. The zero-order valence-electron chi connectivity index (χ0n) is 15.5. The van der Waals surface area contributed by atoms with Gasteiger partial charge in [0.2, 0.25) is 23.8 Å². The SMILES string of the molecule is O=C1NCCCCC1Nc1nc(NCc2cccnc2)nc(NCC(F)(F)F)n1. The van der Waals surface area contributed by atoms with Crippen LogP contribution in [0.15, 0.2) is 24.5 Å². The number of carbonyl (C=O) groups is 1. The molecule has 1 aliphatic rings. The van der Waals surface area contributed by atoms with E-state index < -0.39 is 18.8 Å². The summed E-state index contributed by atoms with van der Waals surface area (Å²) in [6.07, 6.45) is 1.10. The third-order valence-electron chi connectivity index (χ3n) is 4.09. The van der Waals surface area contributed by atoms with E-state index in [0.717, 1.165) is 18.4 Å². The Kier molecular flexibility index (Phi) is 6.62. The van der Waals surface area contributed by atoms with Gasteiger partial charge in [0, 0.05) is 25.5 Å². The van der Waals surface area contributed by atoms with Gasteiger partial charge in [0.1, 0.15) is 12.6 Å². The van der Waals surface area contributed by atoms with Crippen LogP contribution < -0.4 is 21.3 Å². The van der Waals surface area contributed by atoms with Gasteiger partial charge in [0.05, 0.1) is 0 Å². The molecule has 9 nitrogen and oxygen atoms in total. The van der Waals surface area contributed by atoms with Gasteiger partial charge in [-0.2, -0.15) is 28.1 Å². The molecule has 3 heterocycles. The van der Waals surface area contributed by atoms with Gasteiger partial charge >= 0.3 is 6.18 Å². The molecule has 1 fully saturated rings. The van der Waals surface area contributed by atoms with Crippen molar-refractivity contribution in [1.82, 2.24) is 25.3 Å². The highest BCUT2D eigenvalue weighted by molar-refractivity contribution is 5.84. The maximum atomic E-state index is 12.6. The summed E-state index contributed by atoms with van der Waals surface area (Å²) in [7, 11) is 0. The Morgan fingerprint density at radius 2 is 1.86 bits per heavy atom. The van der Waals surface area contributed by atoms with Crippen LogP contribution in [0.1, 0.15) is 24.8 Å². The van der Waals surface area contributed by atoms with Gasteiger partial charge in [0.15, 0.2) is 0 Å². The number of hydrogen-bond donors (Lipinski definition) is 4. The monoisotopic (exact) mass is 410 g/mol. The van der Waals surface area contributed by atoms with Gasteiger partial charge < -0.3 is 21.3 Å². The topological polar surface area (TPSA) is 117 Å². The number of pyridine rings is 1. The largest absolute Gasteiger partial charge is 0.405 e. The number of carbonyl (C=O) groups excluding carboxylic acids is 1. The van der Waals surface area contributed by atoms with Crippen molar-refractivity contribution in [3.8, 4) is 0 Å². The summed E-state index contributed by atoms with van der Waals surface area (Å²) >= 11 is 0. The first-order chi connectivity index (χ1) is 13.9. The zero-order valence-corrected chi connectivity index (χ0v) is 15.5. The molecular weight excluding hydrogens is 389 g/mol. The van der Waals surface area contributed by atoms with Crippen LogP contribution in [-0.2, 0) is 11.3 Å². The second-order valence-electron chi connectivity index (χ2n) is 6.47. The molecule has 0 aromatic carbocycles. The van der Waals surface area contributed by atoms with E-state index in [9.17, 15) is 18.0 Å². The summed E-state index contributed by atoms with van der Waals surface area (Å²) in [5.41, 5.74) is 0.843. The molecule has 0 bridgehead atoms. The third-order valence-corrected chi connectivity index (χ3v) is 4.09. The number of anilines is 3. The van der Waals surface area contributed by atoms with Gasteiger partial charge in [-0.15, -0.1) is 0 Å². The van der Waals surface area contributed by atoms with Gasteiger partial charge in [-0.3, -0.25) is 9.78 Å². The molecular formula is C17H21F3N8O. The molecule has 2 aromatic heterocycles. The minimum atomic E-state index is -4.43. The maximum absolute atomic E-state index is 12.6. The molecule has 29 heavy (non-hydrogen) atoms. The molecule has 0 aliphatic carbocycles. The molecule has 1 amide bonds. The van der Waals surface area contributed by atoms with Crippen LogP contribution in [0.2, 0.25) is 0 Å². The van der Waals surface area contributed by atoms with Crippen molar-refractivity contribution in [2.75, 3.05) is 29.0 Å². The standard InChI is InChI=1S/C17H21F3N8O/c18-17(19,20)10-24-15-26-14(23-9-11-4-3-6-21-8-11)27-16(28-15)25-12-5-1-2-7-22-13(12)29/h3-4,6,8,12H,1-2,5,7,9-10H2,(H,22,29)(H3,23,24,25,26,27,28). The van der Waals surface area contributed by atoms with Gasteiger partial charge in [-0.05, 0) is 30.9 Å². The maximum Gasteiger partial charge on any atom is 0.405 e. The number of aromatic nitrogens is 4. The van der Waals surface area contributed by atoms with Crippen molar-refractivity contribution in [1.29, 1.82) is 0 Å². The van der Waals surface area contributed by atoms with Crippen molar-refractivity contribution in [3.05, 3.63) is 30.1 Å². The molecule has 2 aromatic rings. The minimum Gasteiger partial charge on any atom is -0.354 e. The molecule has 4 N–H and O–H groups in total. The van der Waals surface area contributed by atoms with Crippen molar-refractivity contribution < 1.29 is 18.0 Å². The molecule has 0 spiro atoms. The number of nitrogens with one attached hydrogen (secondary N) is 4. The van der Waals surface area contributed by atoms with E-state index in [1.165, 1.54) is 0 Å². The van der Waals surface area contributed by atoms with Crippen LogP contribution in [0.25, 0.3) is 0 Å². The normalized spacial score (nSPS) is 17.2. The lowest BCUT2D eigenvalue weighted by Crippen LogP contribution is -2.38. The van der Waals surface area contributed by atoms with E-state index in [4.69, 9.17) is 0 Å². The lowest BCUT2D eigenvalue weighted by atomic mass is 10.1. The summed E-state index contributed by atoms with van der Waals surface area (Å²) < 4.78 is 37.7. The van der Waals surface area contributed by atoms with Crippen LogP contribution in [0.4, 0.5) is 31.0 Å². The number of halogens is 3. The summed E-state index contributed by atoms with van der Waals surface area (Å²) in [4.78, 5) is 28.3. The Balaban J connectivity index is 1.76. The van der Waals surface area contributed by atoms with Crippen LogP contribution >= 0.6 is 0 Å². The summed E-state index contributed by atoms with van der Waals surface area (Å²) in [6.45, 7) is -0.382. The van der Waals surface area contributed by atoms with E-state index in [-0.39, 0.29) is 23.8 Å². The fraction of sp³-hybridized carbons (Fsp3) is 0.471. The average Bonchev–Trinajstić information content (AvgIpc) is 2.89. The van der Waals surface area contributed by atoms with Crippen molar-refractivity contribution >= 4 is 23.8 Å². The predicted octanol–water partition coefficient (Wildman–Crippen LogP) is 1.93. The molecule has 1 saturated heterocycles. The quantitative estimate of drug-likeness (QED) is 0.547. The van der Waals surface area contributed by atoms with Gasteiger partial charge in [-0.1, -0.05) is 6.07 Å². The number of rotatable bonds is 7. The fourth-order valence-corrected chi connectivity index (χ4v) is 2.69. The number of nitrogens with zero attached hydrogens (tertiary/aromatic N) is 4. The first-order valence-electron chi connectivity index (χ1n) is 9.13. The molecule has 1 unspecified atom stereocenters. The van der Waals surface area contributed by atoms with Crippen LogP contribution in [0.5, 0.6) is 0 Å². The van der Waals surface area contributed by atoms with E-state index >= 15 is 0 Å². The summed E-state index contributed by atoms with van der Waals surface area (Å²) in [5, 5.41) is 10.8. The second kappa shape index (κ2) is 9.34. The van der Waals surface area contributed by atoms with Gasteiger partial charge in [-0.25, -0.2) is 0 Å². The van der Waals surface area contributed by atoms with E-state index in [1.807, 2.05) is 6.07 Å². The van der Waals surface area contributed by atoms with Crippen molar-refractivity contribution in [2.24, 2.45) is 0 Å². The molecule has 156 valence electrons. The van der Waals surface area contributed by atoms with Crippen LogP contribution in [0.3, 0.4) is 0 Å². The molecule has 1 aliphatic heterocycles. The van der Waals surface area contributed by atoms with Crippen LogP contribution in [0, 0.1) is 0 Å². The van der Waals surface area contributed by atoms with E-state index in [2.05, 4.69) is 41.2 Å². The molecule has 3 rings (SSSR count). The first-order valence-corrected chi connectivity index (χ1v) is 9.13. The van der Waals surface area contributed by atoms with Crippen LogP contribution in [-0.4, -0.2) is 51.2 Å². The Labute approximate surface area is 165 Å². The predicted molar refractivity (Wildman–Crippen MR) is 100 cm³/mol. The fourth-order valence-electron chi connectivity index (χ4n) is 2.69. The lowest BCUT2D eigenvalue weighted by molar-refractivity contribution is -0.121. The molecule has 1 atom stereocenters. The van der Waals surface area contributed by atoms with Crippen molar-refractivity contribution in [2.45, 2.75) is 38.0 Å². The Hall–Kier alpha value is -3.18. The minimum absolute atomic E-state index is 0.0143. The third kappa shape index (κ3) is 6.73. The Morgan fingerprint density at radius 3 is 2.59 bits per heavy atom. The first kappa shape index (κ1) is 20.6. The molecule has 0 saturated carbocycles. The van der Waals surface area contributed by atoms with Gasteiger partial charge in [0.25, 0.3) is 0 Å². The number of hydrogen-bond acceptors (Lipinski definition) is 8. The number of alkyl halides is 3. The zero-order chi connectivity index (χ0) is 20.7. The highest BCUT2D eigenvalue weighted by Gasteiger charge is 2.27. The summed E-state index contributed by atoms with van der Waals surface area (Å²) in [5.74, 6) is -0.356.